The number of nitrogens with one attached hydrogen (secondary N) is 1. The highest BCUT2D eigenvalue weighted by atomic mass is 32.2. The molecule has 0 radical (unpaired) electrons. The maximum Gasteiger partial charge on any atom is 0.221 e. The van der Waals surface area contributed by atoms with E-state index in [-0.39, 0.29) is 17.4 Å². The summed E-state index contributed by atoms with van der Waals surface area (Å²) in [5.74, 6) is 0.0991. The van der Waals surface area contributed by atoms with Gasteiger partial charge in [-0.25, -0.2) is 0 Å². The van der Waals surface area contributed by atoms with Gasteiger partial charge in [-0.05, 0) is 30.9 Å². The lowest BCUT2D eigenvalue weighted by Gasteiger charge is -2.23. The molecule has 0 spiro atoms. The number of rotatable bonds is 6. The van der Waals surface area contributed by atoms with Crippen LogP contribution in [0, 0.1) is 5.41 Å². The first kappa shape index (κ1) is 14.8. The number of hydrogen-bond acceptors (Lipinski definition) is 3. The first-order chi connectivity index (χ1) is 7.76. The van der Waals surface area contributed by atoms with Crippen LogP contribution < -0.4 is 11.1 Å². The average molecular weight is 258 g/mol. The lowest BCUT2D eigenvalue weighted by atomic mass is 9.87. The molecule has 100 valence electrons. The second-order valence-corrected chi connectivity index (χ2v) is 7.67. The Labute approximate surface area is 109 Å². The van der Waals surface area contributed by atoms with E-state index in [1.807, 2.05) is 11.8 Å². The van der Waals surface area contributed by atoms with Crippen LogP contribution in [0.25, 0.3) is 0 Å². The highest BCUT2D eigenvalue weighted by Crippen LogP contribution is 2.46. The first-order valence-corrected chi connectivity index (χ1v) is 7.56. The number of amides is 1. The molecule has 0 heterocycles. The maximum atomic E-state index is 11.7. The molecular formula is C13H26N2OS. The molecule has 0 saturated heterocycles. The average Bonchev–Trinajstić information content (AvgIpc) is 2.92. The molecule has 17 heavy (non-hydrogen) atoms. The van der Waals surface area contributed by atoms with E-state index in [2.05, 4.69) is 32.3 Å². The quantitative estimate of drug-likeness (QED) is 0.767. The minimum atomic E-state index is -0.0283. The third-order valence-electron chi connectivity index (χ3n) is 3.17. The fourth-order valence-electron chi connectivity index (χ4n) is 2.02. The van der Waals surface area contributed by atoms with E-state index in [9.17, 15) is 4.79 Å². The van der Waals surface area contributed by atoms with Gasteiger partial charge in [0.25, 0.3) is 0 Å². The summed E-state index contributed by atoms with van der Waals surface area (Å²) < 4.78 is 0.337. The van der Waals surface area contributed by atoms with Crippen LogP contribution in [-0.4, -0.2) is 29.5 Å². The van der Waals surface area contributed by atoms with E-state index >= 15 is 0 Å². The molecule has 1 unspecified atom stereocenters. The molecule has 1 saturated carbocycles. The van der Waals surface area contributed by atoms with Crippen molar-refractivity contribution < 1.29 is 4.79 Å². The van der Waals surface area contributed by atoms with Gasteiger partial charge < -0.3 is 11.1 Å². The Balaban J connectivity index is 2.20. The van der Waals surface area contributed by atoms with E-state index in [0.29, 0.717) is 11.2 Å². The second kappa shape index (κ2) is 5.61. The molecule has 3 nitrogen and oxygen atoms in total. The molecule has 1 rings (SSSR count). The zero-order valence-corrected chi connectivity index (χ0v) is 12.3. The van der Waals surface area contributed by atoms with E-state index in [1.54, 1.807) is 0 Å². The van der Waals surface area contributed by atoms with Gasteiger partial charge in [0.2, 0.25) is 5.91 Å². The molecule has 1 fully saturated rings. The van der Waals surface area contributed by atoms with E-state index < -0.39 is 0 Å². The molecule has 1 aliphatic carbocycles. The standard InChI is InChI=1S/C13H26N2OS/c1-12(2,3)8-10(14)7-11(16)15-9-13(17-4)5-6-13/h10H,5-9,14H2,1-4H3,(H,15,16). The monoisotopic (exact) mass is 258 g/mol. The van der Waals surface area contributed by atoms with Crippen molar-refractivity contribution in [3.05, 3.63) is 0 Å². The fourth-order valence-corrected chi connectivity index (χ4v) is 2.75. The molecule has 0 aromatic heterocycles. The largest absolute Gasteiger partial charge is 0.355 e. The van der Waals surface area contributed by atoms with Gasteiger partial charge in [-0.15, -0.1) is 0 Å². The van der Waals surface area contributed by atoms with Crippen LogP contribution in [0.5, 0.6) is 0 Å². The summed E-state index contributed by atoms with van der Waals surface area (Å²) >= 11 is 1.86. The van der Waals surface area contributed by atoms with Gasteiger partial charge in [-0.1, -0.05) is 20.8 Å². The predicted octanol–water partition coefficient (Wildman–Crippen LogP) is 2.15. The summed E-state index contributed by atoms with van der Waals surface area (Å²) in [7, 11) is 0. The zero-order chi connectivity index (χ0) is 13.1. The number of hydrogen-bond donors (Lipinski definition) is 2. The van der Waals surface area contributed by atoms with Gasteiger partial charge in [0.1, 0.15) is 0 Å². The minimum Gasteiger partial charge on any atom is -0.355 e. The SMILES string of the molecule is CSC1(CNC(=O)CC(N)CC(C)(C)C)CC1. The number of carbonyl (C=O) groups excluding carboxylic acids is 1. The second-order valence-electron chi connectivity index (χ2n) is 6.39. The van der Waals surface area contributed by atoms with Crippen LogP contribution in [0.15, 0.2) is 0 Å². The molecular weight excluding hydrogens is 232 g/mol. The first-order valence-electron chi connectivity index (χ1n) is 6.34. The topological polar surface area (TPSA) is 55.1 Å². The van der Waals surface area contributed by atoms with Gasteiger partial charge in [0.15, 0.2) is 0 Å². The Kier molecular flexibility index (Phi) is 4.90. The normalized spacial score (nSPS) is 19.8. The van der Waals surface area contributed by atoms with Crippen LogP contribution >= 0.6 is 11.8 Å². The molecule has 4 heteroatoms. The third kappa shape index (κ3) is 5.77. The zero-order valence-electron chi connectivity index (χ0n) is 11.5. The summed E-state index contributed by atoms with van der Waals surface area (Å²) in [6, 6.07) is -0.0283. The number of nitrogens with two attached hydrogens (primary N) is 1. The van der Waals surface area contributed by atoms with Crippen LogP contribution in [0.3, 0.4) is 0 Å². The molecule has 0 aromatic carbocycles. The Hall–Kier alpha value is -0.220. The van der Waals surface area contributed by atoms with Crippen LogP contribution in [0.4, 0.5) is 0 Å². The van der Waals surface area contributed by atoms with Crippen molar-refractivity contribution >= 4 is 17.7 Å². The Morgan fingerprint density at radius 1 is 1.47 bits per heavy atom. The Morgan fingerprint density at radius 3 is 2.47 bits per heavy atom. The van der Waals surface area contributed by atoms with Crippen molar-refractivity contribution in [3.63, 3.8) is 0 Å². The van der Waals surface area contributed by atoms with Crippen molar-refractivity contribution in [2.24, 2.45) is 11.1 Å². The summed E-state index contributed by atoms with van der Waals surface area (Å²) in [5.41, 5.74) is 6.17. The van der Waals surface area contributed by atoms with Crippen LogP contribution in [0.2, 0.25) is 0 Å². The van der Waals surface area contributed by atoms with Gasteiger partial charge in [0, 0.05) is 23.8 Å². The van der Waals surface area contributed by atoms with Crippen molar-refractivity contribution in [1.29, 1.82) is 0 Å². The van der Waals surface area contributed by atoms with Crippen molar-refractivity contribution in [3.8, 4) is 0 Å². The van der Waals surface area contributed by atoms with Gasteiger partial charge in [-0.3, -0.25) is 4.79 Å². The molecule has 0 bridgehead atoms. The lowest BCUT2D eigenvalue weighted by molar-refractivity contribution is -0.121. The smallest absolute Gasteiger partial charge is 0.221 e. The lowest BCUT2D eigenvalue weighted by Crippen LogP contribution is -2.37. The molecule has 0 aromatic rings. The number of carbonyl (C=O) groups is 1. The molecule has 1 aliphatic rings. The van der Waals surface area contributed by atoms with Gasteiger partial charge in [-0.2, -0.15) is 11.8 Å². The predicted molar refractivity (Wildman–Crippen MR) is 75.2 cm³/mol. The Bertz CT molecular complexity index is 269. The summed E-state index contributed by atoms with van der Waals surface area (Å²) in [5, 5.41) is 3.01. The summed E-state index contributed by atoms with van der Waals surface area (Å²) in [6.07, 6.45) is 5.89. The van der Waals surface area contributed by atoms with E-state index in [4.69, 9.17) is 5.73 Å². The van der Waals surface area contributed by atoms with Crippen molar-refractivity contribution in [1.82, 2.24) is 5.32 Å². The summed E-state index contributed by atoms with van der Waals surface area (Å²) in [6.45, 7) is 7.25. The molecule has 1 amide bonds. The van der Waals surface area contributed by atoms with Crippen molar-refractivity contribution in [2.45, 2.75) is 57.2 Å². The summed E-state index contributed by atoms with van der Waals surface area (Å²) in [4.78, 5) is 11.7. The van der Waals surface area contributed by atoms with Gasteiger partial charge >= 0.3 is 0 Å². The molecule has 0 aliphatic heterocycles. The highest BCUT2D eigenvalue weighted by molar-refractivity contribution is 8.00. The third-order valence-corrected chi connectivity index (χ3v) is 4.59. The maximum absolute atomic E-state index is 11.7. The van der Waals surface area contributed by atoms with Crippen LogP contribution in [0.1, 0.15) is 46.5 Å². The Morgan fingerprint density at radius 2 is 2.06 bits per heavy atom. The number of thioether (sulfide) groups is 1. The fraction of sp³-hybridized carbons (Fsp3) is 0.923. The van der Waals surface area contributed by atoms with Crippen LogP contribution in [-0.2, 0) is 4.79 Å². The van der Waals surface area contributed by atoms with E-state index in [0.717, 1.165) is 13.0 Å². The van der Waals surface area contributed by atoms with Crippen molar-refractivity contribution in [2.75, 3.05) is 12.8 Å². The minimum absolute atomic E-state index is 0.0283. The highest BCUT2D eigenvalue weighted by Gasteiger charge is 2.41. The molecule has 1 atom stereocenters. The van der Waals surface area contributed by atoms with Gasteiger partial charge in [0.05, 0.1) is 0 Å². The van der Waals surface area contributed by atoms with E-state index in [1.165, 1.54) is 12.8 Å². The molecule has 3 N–H and O–H groups in total.